The number of benzene rings is 2. The summed E-state index contributed by atoms with van der Waals surface area (Å²) >= 11 is 3.36. The first-order valence-corrected chi connectivity index (χ1v) is 9.96. The lowest BCUT2D eigenvalue weighted by molar-refractivity contribution is -0.126. The number of carbonyl (C=O) groups is 2. The molecule has 0 aliphatic rings. The first kappa shape index (κ1) is 21.1. The molecule has 0 fully saturated rings. The van der Waals surface area contributed by atoms with Gasteiger partial charge in [0.1, 0.15) is 6.04 Å². The van der Waals surface area contributed by atoms with Crippen LogP contribution in [0.2, 0.25) is 0 Å². The Morgan fingerprint density at radius 1 is 1.00 bits per heavy atom. The molecule has 2 aromatic rings. The van der Waals surface area contributed by atoms with Crippen molar-refractivity contribution in [1.29, 1.82) is 0 Å². The SMILES string of the molecule is CCN(CC)C(C(=O)NCCC(=O)Nc1ccc(Br)cc1)c1ccccc1. The molecule has 0 aliphatic carbocycles. The second kappa shape index (κ2) is 10.8. The highest BCUT2D eigenvalue weighted by Crippen LogP contribution is 2.20. The minimum absolute atomic E-state index is 0.0821. The average molecular weight is 432 g/mol. The van der Waals surface area contributed by atoms with Gasteiger partial charge in [0.15, 0.2) is 0 Å². The standard InChI is InChI=1S/C21H26BrN3O2/c1-3-25(4-2)20(16-8-6-5-7-9-16)21(27)23-15-14-19(26)24-18-12-10-17(22)11-13-18/h5-13,20H,3-4,14-15H2,1-2H3,(H,23,27)(H,24,26). The molecule has 144 valence electrons. The van der Waals surface area contributed by atoms with Crippen molar-refractivity contribution in [2.45, 2.75) is 26.3 Å². The van der Waals surface area contributed by atoms with Crippen LogP contribution >= 0.6 is 15.9 Å². The Morgan fingerprint density at radius 2 is 1.63 bits per heavy atom. The van der Waals surface area contributed by atoms with E-state index < -0.39 is 0 Å². The van der Waals surface area contributed by atoms with Crippen molar-refractivity contribution in [2.24, 2.45) is 0 Å². The zero-order valence-electron chi connectivity index (χ0n) is 15.7. The number of amides is 2. The summed E-state index contributed by atoms with van der Waals surface area (Å²) in [6.45, 7) is 5.92. The highest BCUT2D eigenvalue weighted by Gasteiger charge is 2.25. The fourth-order valence-corrected chi connectivity index (χ4v) is 3.17. The van der Waals surface area contributed by atoms with E-state index in [-0.39, 0.29) is 24.3 Å². The van der Waals surface area contributed by atoms with Gasteiger partial charge in [-0.3, -0.25) is 14.5 Å². The number of halogens is 1. The molecule has 5 nitrogen and oxygen atoms in total. The molecular formula is C21H26BrN3O2. The predicted molar refractivity (Wildman–Crippen MR) is 113 cm³/mol. The van der Waals surface area contributed by atoms with Crippen molar-refractivity contribution in [3.8, 4) is 0 Å². The van der Waals surface area contributed by atoms with Gasteiger partial charge in [0.25, 0.3) is 0 Å². The van der Waals surface area contributed by atoms with Crippen molar-refractivity contribution in [3.63, 3.8) is 0 Å². The van der Waals surface area contributed by atoms with E-state index in [1.807, 2.05) is 68.4 Å². The van der Waals surface area contributed by atoms with Crippen LogP contribution < -0.4 is 10.6 Å². The van der Waals surface area contributed by atoms with Crippen LogP contribution in [0, 0.1) is 0 Å². The smallest absolute Gasteiger partial charge is 0.241 e. The van der Waals surface area contributed by atoms with Gasteiger partial charge in [-0.15, -0.1) is 0 Å². The van der Waals surface area contributed by atoms with Crippen LogP contribution in [0.3, 0.4) is 0 Å². The molecule has 0 heterocycles. The third-order valence-electron chi connectivity index (χ3n) is 4.32. The molecule has 2 rings (SSSR count). The topological polar surface area (TPSA) is 61.4 Å². The van der Waals surface area contributed by atoms with E-state index >= 15 is 0 Å². The van der Waals surface area contributed by atoms with E-state index in [9.17, 15) is 9.59 Å². The highest BCUT2D eigenvalue weighted by atomic mass is 79.9. The Kier molecular flexibility index (Phi) is 8.48. The van der Waals surface area contributed by atoms with Crippen molar-refractivity contribution in [2.75, 3.05) is 25.0 Å². The van der Waals surface area contributed by atoms with Crippen LogP contribution in [0.25, 0.3) is 0 Å². The summed E-state index contributed by atoms with van der Waals surface area (Å²) in [6.07, 6.45) is 0.224. The van der Waals surface area contributed by atoms with Crippen molar-refractivity contribution in [1.82, 2.24) is 10.2 Å². The molecule has 0 aliphatic heterocycles. The molecule has 1 unspecified atom stereocenters. The quantitative estimate of drug-likeness (QED) is 0.630. The normalized spacial score (nSPS) is 11.9. The zero-order chi connectivity index (χ0) is 19.6. The lowest BCUT2D eigenvalue weighted by Crippen LogP contribution is -2.41. The number of rotatable bonds is 9. The molecule has 0 spiro atoms. The predicted octanol–water partition coefficient (Wildman–Crippen LogP) is 3.98. The molecule has 2 aromatic carbocycles. The first-order chi connectivity index (χ1) is 13.0. The largest absolute Gasteiger partial charge is 0.354 e. The van der Waals surface area contributed by atoms with Gasteiger partial charge in [0, 0.05) is 23.1 Å². The Balaban J connectivity index is 1.91. The van der Waals surface area contributed by atoms with Gasteiger partial charge in [0.2, 0.25) is 11.8 Å². The molecule has 0 saturated heterocycles. The van der Waals surface area contributed by atoms with E-state index in [1.54, 1.807) is 0 Å². The van der Waals surface area contributed by atoms with Gasteiger partial charge in [-0.2, -0.15) is 0 Å². The van der Waals surface area contributed by atoms with Crippen molar-refractivity contribution >= 4 is 33.4 Å². The molecule has 0 bridgehead atoms. The van der Waals surface area contributed by atoms with Gasteiger partial charge in [0.05, 0.1) is 0 Å². The Morgan fingerprint density at radius 3 is 2.22 bits per heavy atom. The van der Waals surface area contributed by atoms with Crippen LogP contribution in [0.5, 0.6) is 0 Å². The number of anilines is 1. The third-order valence-corrected chi connectivity index (χ3v) is 4.85. The maximum absolute atomic E-state index is 12.8. The molecule has 0 radical (unpaired) electrons. The maximum atomic E-state index is 12.8. The molecule has 2 N–H and O–H groups in total. The van der Waals surface area contributed by atoms with Crippen LogP contribution in [0.15, 0.2) is 59.1 Å². The molecule has 27 heavy (non-hydrogen) atoms. The van der Waals surface area contributed by atoms with Gasteiger partial charge >= 0.3 is 0 Å². The summed E-state index contributed by atoms with van der Waals surface area (Å²) in [5.41, 5.74) is 1.69. The van der Waals surface area contributed by atoms with Crippen molar-refractivity contribution < 1.29 is 9.59 Å². The summed E-state index contributed by atoms with van der Waals surface area (Å²) in [5.74, 6) is -0.210. The molecule has 1 atom stereocenters. The van der Waals surface area contributed by atoms with E-state index in [2.05, 4.69) is 31.5 Å². The van der Waals surface area contributed by atoms with Gasteiger partial charge in [-0.1, -0.05) is 60.1 Å². The maximum Gasteiger partial charge on any atom is 0.241 e. The van der Waals surface area contributed by atoms with Crippen LogP contribution in [-0.2, 0) is 9.59 Å². The fourth-order valence-electron chi connectivity index (χ4n) is 2.90. The Hall–Kier alpha value is -2.18. The summed E-state index contributed by atoms with van der Waals surface area (Å²) < 4.78 is 0.955. The molecular weight excluding hydrogens is 406 g/mol. The van der Waals surface area contributed by atoms with Gasteiger partial charge in [-0.25, -0.2) is 0 Å². The third kappa shape index (κ3) is 6.48. The van der Waals surface area contributed by atoms with Crippen molar-refractivity contribution in [3.05, 3.63) is 64.6 Å². The monoisotopic (exact) mass is 431 g/mol. The van der Waals surface area contributed by atoms with Crippen LogP contribution in [0.1, 0.15) is 31.9 Å². The highest BCUT2D eigenvalue weighted by molar-refractivity contribution is 9.10. The second-order valence-electron chi connectivity index (χ2n) is 6.13. The zero-order valence-corrected chi connectivity index (χ0v) is 17.3. The minimum atomic E-state index is -0.351. The van der Waals surface area contributed by atoms with E-state index in [1.165, 1.54) is 0 Å². The fraction of sp³-hybridized carbons (Fsp3) is 0.333. The second-order valence-corrected chi connectivity index (χ2v) is 7.05. The number of carbonyl (C=O) groups excluding carboxylic acids is 2. The summed E-state index contributed by atoms with van der Waals surface area (Å²) in [6, 6.07) is 16.8. The number of nitrogens with zero attached hydrogens (tertiary/aromatic N) is 1. The Labute approximate surface area is 169 Å². The minimum Gasteiger partial charge on any atom is -0.354 e. The summed E-state index contributed by atoms with van der Waals surface area (Å²) in [7, 11) is 0. The van der Waals surface area contributed by atoms with Crippen LogP contribution in [0.4, 0.5) is 5.69 Å². The molecule has 0 aromatic heterocycles. The van der Waals surface area contributed by atoms with E-state index in [4.69, 9.17) is 0 Å². The number of hydrogen-bond donors (Lipinski definition) is 2. The molecule has 0 saturated carbocycles. The number of likely N-dealkylation sites (N-methyl/N-ethyl adjacent to an activating group) is 1. The molecule has 2 amide bonds. The summed E-state index contributed by atoms with van der Waals surface area (Å²) in [4.78, 5) is 27.0. The van der Waals surface area contributed by atoms with Gasteiger partial charge in [-0.05, 0) is 42.9 Å². The van der Waals surface area contributed by atoms with Crippen LogP contribution in [-0.4, -0.2) is 36.3 Å². The Bertz CT molecular complexity index is 731. The average Bonchev–Trinajstić information content (AvgIpc) is 2.68. The lowest BCUT2D eigenvalue weighted by Gasteiger charge is -2.29. The van der Waals surface area contributed by atoms with E-state index in [0.29, 0.717) is 6.54 Å². The van der Waals surface area contributed by atoms with Gasteiger partial charge < -0.3 is 10.6 Å². The molecule has 6 heteroatoms. The number of hydrogen-bond acceptors (Lipinski definition) is 3. The van der Waals surface area contributed by atoms with E-state index in [0.717, 1.165) is 28.8 Å². The number of nitrogens with one attached hydrogen (secondary N) is 2. The lowest BCUT2D eigenvalue weighted by atomic mass is 10.0. The summed E-state index contributed by atoms with van der Waals surface area (Å²) in [5, 5.41) is 5.73. The first-order valence-electron chi connectivity index (χ1n) is 9.17.